The van der Waals surface area contributed by atoms with E-state index in [-0.39, 0.29) is 0 Å². The van der Waals surface area contributed by atoms with Gasteiger partial charge in [0.2, 0.25) is 0 Å². The Morgan fingerprint density at radius 3 is 2.36 bits per heavy atom. The molecule has 0 aromatic carbocycles. The molecule has 0 aromatic heterocycles. The number of ether oxygens (including phenoxy) is 1. The molecule has 0 radical (unpaired) electrons. The van der Waals surface area contributed by atoms with Crippen molar-refractivity contribution >= 4 is 0 Å². The van der Waals surface area contributed by atoms with Crippen LogP contribution in [0.2, 0.25) is 0 Å². The second-order valence-corrected chi connectivity index (χ2v) is 4.41. The van der Waals surface area contributed by atoms with E-state index in [4.69, 9.17) is 4.74 Å². The van der Waals surface area contributed by atoms with Crippen LogP contribution in [0.3, 0.4) is 0 Å². The minimum atomic E-state index is 0.680. The highest BCUT2D eigenvalue weighted by atomic mass is 16.5. The third kappa shape index (κ3) is 6.39. The van der Waals surface area contributed by atoms with Crippen LogP contribution in [-0.4, -0.2) is 38.3 Å². The van der Waals surface area contributed by atoms with Gasteiger partial charge in [-0.3, -0.25) is 0 Å². The predicted octanol–water partition coefficient (Wildman–Crippen LogP) is 2.78. The van der Waals surface area contributed by atoms with Gasteiger partial charge in [-0.05, 0) is 32.7 Å². The number of hydrogen-bond donors (Lipinski definition) is 0. The van der Waals surface area contributed by atoms with E-state index < -0.39 is 0 Å². The quantitative estimate of drug-likeness (QED) is 0.599. The van der Waals surface area contributed by atoms with Crippen LogP contribution in [0.5, 0.6) is 0 Å². The summed E-state index contributed by atoms with van der Waals surface area (Å²) >= 11 is 0. The van der Waals surface area contributed by atoms with E-state index in [1.807, 2.05) is 0 Å². The first-order valence-corrected chi connectivity index (χ1v) is 5.81. The van der Waals surface area contributed by atoms with Gasteiger partial charge in [0.15, 0.2) is 0 Å². The van der Waals surface area contributed by atoms with Crippen molar-refractivity contribution < 1.29 is 4.74 Å². The third-order valence-corrected chi connectivity index (χ3v) is 3.17. The Morgan fingerprint density at radius 2 is 1.86 bits per heavy atom. The molecule has 2 atom stereocenters. The van der Waals surface area contributed by atoms with Gasteiger partial charge in [-0.1, -0.05) is 20.3 Å². The Bertz CT molecular complexity index is 127. The lowest BCUT2D eigenvalue weighted by atomic mass is 9.99. The highest BCUT2D eigenvalue weighted by Gasteiger charge is 2.09. The predicted molar refractivity (Wildman–Crippen MR) is 62.7 cm³/mol. The molecule has 0 amide bonds. The summed E-state index contributed by atoms with van der Waals surface area (Å²) in [6, 6.07) is 0.680. The Balaban J connectivity index is 3.55. The van der Waals surface area contributed by atoms with Gasteiger partial charge in [-0.25, -0.2) is 0 Å². The minimum Gasteiger partial charge on any atom is -0.383 e. The highest BCUT2D eigenvalue weighted by molar-refractivity contribution is 4.64. The van der Waals surface area contributed by atoms with Gasteiger partial charge in [-0.2, -0.15) is 0 Å². The van der Waals surface area contributed by atoms with Crippen molar-refractivity contribution in [1.29, 1.82) is 0 Å². The van der Waals surface area contributed by atoms with Crippen LogP contribution in [0, 0.1) is 5.92 Å². The Hall–Kier alpha value is -0.0800. The number of rotatable bonds is 8. The van der Waals surface area contributed by atoms with Crippen LogP contribution < -0.4 is 0 Å². The third-order valence-electron chi connectivity index (χ3n) is 3.17. The van der Waals surface area contributed by atoms with Crippen LogP contribution in [0.15, 0.2) is 0 Å². The van der Waals surface area contributed by atoms with Gasteiger partial charge in [0.1, 0.15) is 0 Å². The molecule has 0 saturated heterocycles. The summed E-state index contributed by atoms with van der Waals surface area (Å²) in [7, 11) is 3.94. The fraction of sp³-hybridized carbons (Fsp3) is 1.00. The van der Waals surface area contributed by atoms with Crippen molar-refractivity contribution in [2.45, 2.75) is 46.1 Å². The molecule has 0 heterocycles. The van der Waals surface area contributed by atoms with E-state index in [0.717, 1.165) is 19.1 Å². The molecular weight excluding hydrogens is 174 g/mol. The van der Waals surface area contributed by atoms with Crippen molar-refractivity contribution in [3.05, 3.63) is 0 Å². The summed E-state index contributed by atoms with van der Waals surface area (Å²) in [5.41, 5.74) is 0. The maximum Gasteiger partial charge on any atom is 0.0589 e. The zero-order valence-electron chi connectivity index (χ0n) is 10.5. The number of hydrogen-bond acceptors (Lipinski definition) is 2. The SMILES string of the molecule is CCC(C)CCC(C)N(C)CCOC. The number of methoxy groups -OCH3 is 1. The van der Waals surface area contributed by atoms with Crippen molar-refractivity contribution in [2.75, 3.05) is 27.3 Å². The van der Waals surface area contributed by atoms with Crippen molar-refractivity contribution in [1.82, 2.24) is 4.90 Å². The minimum absolute atomic E-state index is 0.680. The summed E-state index contributed by atoms with van der Waals surface area (Å²) in [5, 5.41) is 0. The molecule has 86 valence electrons. The summed E-state index contributed by atoms with van der Waals surface area (Å²) in [5.74, 6) is 0.869. The van der Waals surface area contributed by atoms with E-state index in [0.29, 0.717) is 6.04 Å². The van der Waals surface area contributed by atoms with Gasteiger partial charge in [-0.15, -0.1) is 0 Å². The lowest BCUT2D eigenvalue weighted by Gasteiger charge is -2.25. The summed E-state index contributed by atoms with van der Waals surface area (Å²) in [4.78, 5) is 2.38. The molecule has 2 heteroatoms. The molecule has 2 nitrogen and oxygen atoms in total. The van der Waals surface area contributed by atoms with Gasteiger partial charge < -0.3 is 9.64 Å². The van der Waals surface area contributed by atoms with Gasteiger partial charge >= 0.3 is 0 Å². The topological polar surface area (TPSA) is 12.5 Å². The normalized spacial score (nSPS) is 15.9. The van der Waals surface area contributed by atoms with Crippen LogP contribution in [-0.2, 0) is 4.74 Å². The standard InChI is InChI=1S/C12H27NO/c1-6-11(2)7-8-12(3)13(4)9-10-14-5/h11-12H,6-10H2,1-5H3. The largest absolute Gasteiger partial charge is 0.383 e. The molecule has 0 aliphatic rings. The Labute approximate surface area is 89.6 Å². The molecule has 0 aliphatic heterocycles. The molecule has 0 aromatic rings. The molecule has 2 unspecified atom stereocenters. The average molecular weight is 201 g/mol. The molecule has 0 rings (SSSR count). The highest BCUT2D eigenvalue weighted by Crippen LogP contribution is 2.13. The first-order valence-electron chi connectivity index (χ1n) is 5.81. The van der Waals surface area contributed by atoms with E-state index in [9.17, 15) is 0 Å². The maximum absolute atomic E-state index is 5.07. The zero-order chi connectivity index (χ0) is 11.0. The van der Waals surface area contributed by atoms with E-state index >= 15 is 0 Å². The Morgan fingerprint density at radius 1 is 1.21 bits per heavy atom. The first-order chi connectivity index (χ1) is 6.61. The molecule has 14 heavy (non-hydrogen) atoms. The summed E-state index contributed by atoms with van der Waals surface area (Å²) in [6.07, 6.45) is 3.94. The molecular formula is C12H27NO. The molecule has 0 fully saturated rings. The lowest BCUT2D eigenvalue weighted by molar-refractivity contribution is 0.138. The van der Waals surface area contributed by atoms with Crippen LogP contribution >= 0.6 is 0 Å². The van der Waals surface area contributed by atoms with E-state index in [2.05, 4.69) is 32.7 Å². The molecule has 0 saturated carbocycles. The fourth-order valence-corrected chi connectivity index (χ4v) is 1.41. The van der Waals surface area contributed by atoms with Gasteiger partial charge in [0, 0.05) is 19.7 Å². The fourth-order valence-electron chi connectivity index (χ4n) is 1.41. The lowest BCUT2D eigenvalue weighted by Crippen LogP contribution is -2.32. The summed E-state index contributed by atoms with van der Waals surface area (Å²) in [6.45, 7) is 8.78. The molecule has 0 bridgehead atoms. The van der Waals surface area contributed by atoms with E-state index in [1.54, 1.807) is 7.11 Å². The smallest absolute Gasteiger partial charge is 0.0589 e. The second-order valence-electron chi connectivity index (χ2n) is 4.41. The van der Waals surface area contributed by atoms with Gasteiger partial charge in [0.05, 0.1) is 6.61 Å². The van der Waals surface area contributed by atoms with Crippen molar-refractivity contribution in [2.24, 2.45) is 5.92 Å². The zero-order valence-corrected chi connectivity index (χ0v) is 10.5. The van der Waals surface area contributed by atoms with Crippen LogP contribution in [0.1, 0.15) is 40.0 Å². The van der Waals surface area contributed by atoms with Crippen LogP contribution in [0.25, 0.3) is 0 Å². The van der Waals surface area contributed by atoms with Crippen molar-refractivity contribution in [3.63, 3.8) is 0 Å². The first kappa shape index (κ1) is 13.9. The maximum atomic E-state index is 5.07. The summed E-state index contributed by atoms with van der Waals surface area (Å²) < 4.78 is 5.07. The Kier molecular flexibility index (Phi) is 8.20. The number of nitrogens with zero attached hydrogens (tertiary/aromatic N) is 1. The van der Waals surface area contributed by atoms with E-state index in [1.165, 1.54) is 19.3 Å². The number of likely N-dealkylation sites (N-methyl/N-ethyl adjacent to an activating group) is 1. The van der Waals surface area contributed by atoms with Crippen LogP contribution in [0.4, 0.5) is 0 Å². The molecule has 0 spiro atoms. The van der Waals surface area contributed by atoms with Crippen molar-refractivity contribution in [3.8, 4) is 0 Å². The average Bonchev–Trinajstić information content (AvgIpc) is 2.21. The molecule has 0 aliphatic carbocycles. The monoisotopic (exact) mass is 201 g/mol. The molecule has 0 N–H and O–H groups in total. The van der Waals surface area contributed by atoms with Gasteiger partial charge in [0.25, 0.3) is 0 Å². The second kappa shape index (κ2) is 8.25.